The van der Waals surface area contributed by atoms with Crippen LogP contribution in [0.25, 0.3) is 0 Å². The summed E-state index contributed by atoms with van der Waals surface area (Å²) in [4.78, 5) is 36.2. The van der Waals surface area contributed by atoms with Crippen LogP contribution < -0.4 is 5.32 Å². The van der Waals surface area contributed by atoms with E-state index in [4.69, 9.17) is 5.11 Å². The van der Waals surface area contributed by atoms with Crippen LogP contribution in [0.4, 0.5) is 0 Å². The van der Waals surface area contributed by atoms with E-state index in [0.717, 1.165) is 9.37 Å². The molecule has 0 radical (unpaired) electrons. The number of rotatable bonds is 2. The highest BCUT2D eigenvalue weighted by Gasteiger charge is 2.36. The number of carboxylic acids is 1. The zero-order valence-corrected chi connectivity index (χ0v) is 12.3. The van der Waals surface area contributed by atoms with Gasteiger partial charge in [0.25, 0.3) is 5.91 Å². The van der Waals surface area contributed by atoms with E-state index in [1.165, 1.54) is 0 Å². The third-order valence-electron chi connectivity index (χ3n) is 3.23. The van der Waals surface area contributed by atoms with E-state index in [-0.39, 0.29) is 19.0 Å². The van der Waals surface area contributed by atoms with Crippen molar-refractivity contribution in [2.75, 3.05) is 13.1 Å². The topological polar surface area (TPSA) is 86.7 Å². The van der Waals surface area contributed by atoms with Gasteiger partial charge in [0.2, 0.25) is 5.91 Å². The predicted molar refractivity (Wildman–Crippen MR) is 74.3 cm³/mol. The number of piperazine rings is 1. The fraction of sp³-hybridized carbons (Fsp3) is 0.308. The maximum atomic E-state index is 12.5. The second-order valence-electron chi connectivity index (χ2n) is 4.50. The molecule has 1 saturated heterocycles. The minimum atomic E-state index is -1.13. The van der Waals surface area contributed by atoms with Crippen LogP contribution in [-0.4, -0.2) is 46.9 Å². The summed E-state index contributed by atoms with van der Waals surface area (Å²) in [5.41, 5.74) is 1.10. The molecule has 1 fully saturated rings. The molecule has 2 amide bonds. The van der Waals surface area contributed by atoms with E-state index in [0.29, 0.717) is 11.1 Å². The van der Waals surface area contributed by atoms with E-state index in [9.17, 15) is 14.4 Å². The molecule has 1 aromatic rings. The second-order valence-corrected chi connectivity index (χ2v) is 5.36. The van der Waals surface area contributed by atoms with Gasteiger partial charge in [0, 0.05) is 16.6 Å². The number of nitrogens with zero attached hydrogens (tertiary/aromatic N) is 1. The summed E-state index contributed by atoms with van der Waals surface area (Å²) >= 11 is 3.33. The Labute approximate surface area is 123 Å². The zero-order chi connectivity index (χ0) is 14.9. The minimum Gasteiger partial charge on any atom is -0.480 e. The summed E-state index contributed by atoms with van der Waals surface area (Å²) in [6.45, 7) is 1.44. The third kappa shape index (κ3) is 2.67. The maximum Gasteiger partial charge on any atom is 0.328 e. The van der Waals surface area contributed by atoms with Crippen LogP contribution in [0.5, 0.6) is 0 Å². The standard InChI is InChI=1S/C13H13BrN2O4/c1-7-8(3-2-4-9(7)14)12(18)16-6-11(17)15-5-10(16)13(19)20/h2-4,10H,5-6H2,1H3,(H,15,17)(H,19,20). The Balaban J connectivity index is 2.36. The van der Waals surface area contributed by atoms with Crippen LogP contribution in [0.1, 0.15) is 15.9 Å². The molecule has 1 aliphatic rings. The molecule has 0 aliphatic carbocycles. The summed E-state index contributed by atoms with van der Waals surface area (Å²) in [5.74, 6) is -1.94. The lowest BCUT2D eigenvalue weighted by molar-refractivity contribution is -0.144. The van der Waals surface area contributed by atoms with Crippen molar-refractivity contribution in [1.29, 1.82) is 0 Å². The fourth-order valence-electron chi connectivity index (χ4n) is 2.07. The first-order valence-corrected chi connectivity index (χ1v) is 6.76. The van der Waals surface area contributed by atoms with Crippen LogP contribution in [0.3, 0.4) is 0 Å². The van der Waals surface area contributed by atoms with E-state index >= 15 is 0 Å². The quantitative estimate of drug-likeness (QED) is 0.832. The highest BCUT2D eigenvalue weighted by Crippen LogP contribution is 2.22. The van der Waals surface area contributed by atoms with Gasteiger partial charge in [0.1, 0.15) is 12.6 Å². The molecule has 1 heterocycles. The fourth-order valence-corrected chi connectivity index (χ4v) is 2.44. The molecule has 0 bridgehead atoms. The average molecular weight is 341 g/mol. The van der Waals surface area contributed by atoms with Crippen molar-refractivity contribution in [2.24, 2.45) is 0 Å². The largest absolute Gasteiger partial charge is 0.480 e. The maximum absolute atomic E-state index is 12.5. The van der Waals surface area contributed by atoms with Crippen molar-refractivity contribution < 1.29 is 19.5 Å². The van der Waals surface area contributed by atoms with E-state index in [1.807, 2.05) is 0 Å². The molecule has 6 nitrogen and oxygen atoms in total. The van der Waals surface area contributed by atoms with Gasteiger partial charge in [-0.15, -0.1) is 0 Å². The lowest BCUT2D eigenvalue weighted by Crippen LogP contribution is -2.59. The molecule has 1 atom stereocenters. The van der Waals surface area contributed by atoms with Crippen molar-refractivity contribution in [3.05, 3.63) is 33.8 Å². The monoisotopic (exact) mass is 340 g/mol. The Morgan fingerprint density at radius 2 is 2.15 bits per heavy atom. The first-order chi connectivity index (χ1) is 9.41. The highest BCUT2D eigenvalue weighted by atomic mass is 79.9. The van der Waals surface area contributed by atoms with Crippen LogP contribution in [0.2, 0.25) is 0 Å². The number of amides is 2. The van der Waals surface area contributed by atoms with Gasteiger partial charge in [0.15, 0.2) is 0 Å². The van der Waals surface area contributed by atoms with Crippen LogP contribution in [-0.2, 0) is 9.59 Å². The van der Waals surface area contributed by atoms with E-state index < -0.39 is 17.9 Å². The molecule has 0 spiro atoms. The number of aliphatic carboxylic acids is 1. The van der Waals surface area contributed by atoms with Crippen molar-refractivity contribution in [2.45, 2.75) is 13.0 Å². The van der Waals surface area contributed by atoms with Crippen molar-refractivity contribution in [1.82, 2.24) is 10.2 Å². The van der Waals surface area contributed by atoms with E-state index in [2.05, 4.69) is 21.2 Å². The summed E-state index contributed by atoms with van der Waals surface area (Å²) < 4.78 is 0.761. The lowest BCUT2D eigenvalue weighted by atomic mass is 10.1. The number of carboxylic acid groups (broad SMARTS) is 1. The molecule has 1 aromatic carbocycles. The van der Waals surface area contributed by atoms with Gasteiger partial charge in [-0.05, 0) is 24.6 Å². The summed E-state index contributed by atoms with van der Waals surface area (Å²) in [6.07, 6.45) is 0. The second kappa shape index (κ2) is 5.62. The minimum absolute atomic E-state index is 0.0764. The molecule has 2 rings (SSSR count). The molecule has 0 aromatic heterocycles. The summed E-state index contributed by atoms with van der Waals surface area (Å²) in [6, 6.07) is 4.07. The number of benzene rings is 1. The Morgan fingerprint density at radius 3 is 2.80 bits per heavy atom. The third-order valence-corrected chi connectivity index (χ3v) is 4.09. The first kappa shape index (κ1) is 14.5. The predicted octanol–water partition coefficient (Wildman–Crippen LogP) is 0.783. The van der Waals surface area contributed by atoms with E-state index in [1.54, 1.807) is 25.1 Å². The van der Waals surface area contributed by atoms with Gasteiger partial charge in [0.05, 0.1) is 0 Å². The van der Waals surface area contributed by atoms with Gasteiger partial charge in [-0.25, -0.2) is 4.79 Å². The van der Waals surface area contributed by atoms with Gasteiger partial charge in [-0.2, -0.15) is 0 Å². The molecule has 7 heteroatoms. The normalized spacial score (nSPS) is 18.6. The molecular weight excluding hydrogens is 328 g/mol. The SMILES string of the molecule is Cc1c(Br)cccc1C(=O)N1CC(=O)NCC1C(=O)O. The summed E-state index contributed by atoms with van der Waals surface area (Å²) in [5, 5.41) is 11.6. The van der Waals surface area contributed by atoms with Crippen LogP contribution in [0, 0.1) is 6.92 Å². The lowest BCUT2D eigenvalue weighted by Gasteiger charge is -2.33. The molecule has 20 heavy (non-hydrogen) atoms. The van der Waals surface area contributed by atoms with Gasteiger partial charge in [-0.1, -0.05) is 22.0 Å². The summed E-state index contributed by atoms with van der Waals surface area (Å²) in [7, 11) is 0. The van der Waals surface area contributed by atoms with Crippen molar-refractivity contribution in [3.63, 3.8) is 0 Å². The smallest absolute Gasteiger partial charge is 0.328 e. The highest BCUT2D eigenvalue weighted by molar-refractivity contribution is 9.10. The number of carbonyl (C=O) groups excluding carboxylic acids is 2. The zero-order valence-electron chi connectivity index (χ0n) is 10.7. The number of hydrogen-bond acceptors (Lipinski definition) is 3. The molecule has 106 valence electrons. The van der Waals surface area contributed by atoms with Crippen molar-refractivity contribution >= 4 is 33.7 Å². The molecule has 2 N–H and O–H groups in total. The number of hydrogen-bond donors (Lipinski definition) is 2. The molecule has 1 unspecified atom stereocenters. The number of nitrogens with one attached hydrogen (secondary N) is 1. The van der Waals surface area contributed by atoms with Crippen LogP contribution >= 0.6 is 15.9 Å². The number of halogens is 1. The average Bonchev–Trinajstić information content (AvgIpc) is 2.40. The Hall–Kier alpha value is -1.89. The molecular formula is C13H13BrN2O4. The van der Waals surface area contributed by atoms with Crippen LogP contribution in [0.15, 0.2) is 22.7 Å². The van der Waals surface area contributed by atoms with Crippen molar-refractivity contribution in [3.8, 4) is 0 Å². The van der Waals surface area contributed by atoms with Gasteiger partial charge >= 0.3 is 5.97 Å². The first-order valence-electron chi connectivity index (χ1n) is 5.97. The molecule has 0 saturated carbocycles. The number of carbonyl (C=O) groups is 3. The Bertz CT molecular complexity index is 588. The van der Waals surface area contributed by atoms with Gasteiger partial charge < -0.3 is 15.3 Å². The Kier molecular flexibility index (Phi) is 4.08. The van der Waals surface area contributed by atoms with Gasteiger partial charge in [-0.3, -0.25) is 9.59 Å². The molecule has 1 aliphatic heterocycles. The Morgan fingerprint density at radius 1 is 1.45 bits per heavy atom.